The van der Waals surface area contributed by atoms with Gasteiger partial charge in [0.05, 0.1) is 37.4 Å². The van der Waals surface area contributed by atoms with E-state index in [1.807, 2.05) is 56.0 Å². The number of aromatic amines is 1. The molecule has 0 radical (unpaired) electrons. The van der Waals surface area contributed by atoms with E-state index in [0.717, 1.165) is 37.1 Å². The van der Waals surface area contributed by atoms with E-state index in [0.29, 0.717) is 62.1 Å². The highest BCUT2D eigenvalue weighted by Gasteiger charge is 2.43. The molecule has 5 rings (SSSR count). The Balaban J connectivity index is 1.37. The summed E-state index contributed by atoms with van der Waals surface area (Å²) in [4.78, 5) is 37.5. The Morgan fingerprint density at radius 2 is 1.67 bits per heavy atom. The predicted octanol–water partition coefficient (Wildman–Crippen LogP) is 3.61. The van der Waals surface area contributed by atoms with E-state index < -0.39 is 6.04 Å². The molecular formula is C32H41N5O5. The highest BCUT2D eigenvalue weighted by atomic mass is 16.5. The lowest BCUT2D eigenvalue weighted by Crippen LogP contribution is -2.58. The Labute approximate surface area is 247 Å². The second kappa shape index (κ2) is 13.3. The Hall–Kier alpha value is -4.05. The normalized spacial score (nSPS) is 16.4. The van der Waals surface area contributed by atoms with Gasteiger partial charge in [-0.3, -0.25) is 9.59 Å². The van der Waals surface area contributed by atoms with Crippen LogP contribution in [-0.4, -0.2) is 72.2 Å². The molecule has 3 heterocycles. The number of fused-ring (bicyclic) bond motifs is 2. The van der Waals surface area contributed by atoms with Crippen molar-refractivity contribution >= 4 is 11.8 Å². The summed E-state index contributed by atoms with van der Waals surface area (Å²) in [5.74, 6) is 0.855. The van der Waals surface area contributed by atoms with Gasteiger partial charge in [-0.25, -0.2) is 4.98 Å². The minimum Gasteiger partial charge on any atom is -0.490 e. The van der Waals surface area contributed by atoms with Gasteiger partial charge in [0.1, 0.15) is 6.04 Å². The smallest absolute Gasteiger partial charge is 0.252 e. The average Bonchev–Trinajstić information content (AvgIpc) is 3.50. The summed E-state index contributed by atoms with van der Waals surface area (Å²) >= 11 is 0. The van der Waals surface area contributed by atoms with Crippen molar-refractivity contribution in [2.45, 2.75) is 58.0 Å². The zero-order chi connectivity index (χ0) is 29.5. The molecule has 1 spiro atoms. The van der Waals surface area contributed by atoms with Crippen molar-refractivity contribution in [2.75, 3.05) is 39.5 Å². The van der Waals surface area contributed by atoms with Gasteiger partial charge >= 0.3 is 0 Å². The van der Waals surface area contributed by atoms with Crippen LogP contribution < -0.4 is 24.8 Å². The Bertz CT molecular complexity index is 1340. The van der Waals surface area contributed by atoms with E-state index >= 15 is 0 Å². The first kappa shape index (κ1) is 29.4. The standard InChI is InChI=1S/C32H41N5O5/c1-4-40-26-19-23(20-27(41-5-2)28(26)42-6-3)30(38)36-25(18-22-10-8-7-9-11-22)31(39)37-16-13-32(14-17-37)29-24(12-15-35-32)33-21-34-29/h7-11,19-21,25,35H,4-6,12-18H2,1-3H3,(H,33,34)(H,36,38). The SMILES string of the molecule is CCOc1cc(C(=O)NC(Cc2ccccc2)C(=O)N2CCC3(CC2)NCCc2[nH]cnc23)cc(OCC)c1OCC. The molecule has 3 N–H and O–H groups in total. The molecule has 0 saturated carbocycles. The summed E-state index contributed by atoms with van der Waals surface area (Å²) in [6.45, 7) is 8.88. The molecule has 0 aliphatic carbocycles. The van der Waals surface area contributed by atoms with Gasteiger partial charge in [-0.05, 0) is 51.3 Å². The molecule has 1 aromatic heterocycles. The molecule has 42 heavy (non-hydrogen) atoms. The summed E-state index contributed by atoms with van der Waals surface area (Å²) in [6, 6.07) is 12.3. The van der Waals surface area contributed by atoms with Crippen molar-refractivity contribution < 1.29 is 23.8 Å². The Morgan fingerprint density at radius 1 is 1.00 bits per heavy atom. The number of aromatic nitrogens is 2. The maximum Gasteiger partial charge on any atom is 0.252 e. The minimum absolute atomic E-state index is 0.0962. The first-order chi connectivity index (χ1) is 20.5. The van der Waals surface area contributed by atoms with Gasteiger partial charge in [-0.1, -0.05) is 30.3 Å². The topological polar surface area (TPSA) is 118 Å². The molecule has 1 saturated heterocycles. The van der Waals surface area contributed by atoms with Crippen LogP contribution in [0, 0.1) is 0 Å². The summed E-state index contributed by atoms with van der Waals surface area (Å²) < 4.78 is 17.4. The maximum absolute atomic E-state index is 14.0. The Kier molecular flexibility index (Phi) is 9.31. The second-order valence-electron chi connectivity index (χ2n) is 10.6. The number of nitrogens with zero attached hydrogens (tertiary/aromatic N) is 2. The Morgan fingerprint density at radius 3 is 2.31 bits per heavy atom. The van der Waals surface area contributed by atoms with Crippen LogP contribution in [-0.2, 0) is 23.2 Å². The lowest BCUT2D eigenvalue weighted by atomic mass is 9.80. The van der Waals surface area contributed by atoms with E-state index in [1.54, 1.807) is 18.5 Å². The maximum atomic E-state index is 14.0. The number of carbonyl (C=O) groups is 2. The molecule has 2 aliphatic rings. The number of ether oxygens (including phenoxy) is 3. The lowest BCUT2D eigenvalue weighted by Gasteiger charge is -2.44. The number of hydrogen-bond acceptors (Lipinski definition) is 7. The molecule has 2 aromatic carbocycles. The van der Waals surface area contributed by atoms with Crippen LogP contribution in [0.5, 0.6) is 17.2 Å². The van der Waals surface area contributed by atoms with E-state index in [-0.39, 0.29) is 17.4 Å². The number of rotatable bonds is 11. The van der Waals surface area contributed by atoms with Crippen molar-refractivity contribution in [3.63, 3.8) is 0 Å². The number of carbonyl (C=O) groups excluding carboxylic acids is 2. The van der Waals surface area contributed by atoms with Gasteiger partial charge in [0, 0.05) is 43.7 Å². The fraction of sp³-hybridized carbons (Fsp3) is 0.469. The number of hydrogen-bond donors (Lipinski definition) is 3. The molecule has 1 atom stereocenters. The first-order valence-electron chi connectivity index (χ1n) is 15.0. The van der Waals surface area contributed by atoms with Gasteiger partial charge in [0.15, 0.2) is 11.5 Å². The molecule has 1 unspecified atom stereocenters. The molecule has 10 heteroatoms. The summed E-state index contributed by atoms with van der Waals surface area (Å²) in [6.07, 6.45) is 4.58. The largest absolute Gasteiger partial charge is 0.490 e. The molecule has 1 fully saturated rings. The minimum atomic E-state index is -0.744. The van der Waals surface area contributed by atoms with Crippen molar-refractivity contribution in [2.24, 2.45) is 0 Å². The predicted molar refractivity (Wildman–Crippen MR) is 159 cm³/mol. The molecular weight excluding hydrogens is 534 g/mol. The zero-order valence-electron chi connectivity index (χ0n) is 24.7. The van der Waals surface area contributed by atoms with Gasteiger partial charge < -0.3 is 34.7 Å². The molecule has 224 valence electrons. The van der Waals surface area contributed by atoms with Crippen molar-refractivity contribution in [3.05, 3.63) is 71.3 Å². The van der Waals surface area contributed by atoms with Crippen LogP contribution in [0.1, 0.15) is 60.9 Å². The van der Waals surface area contributed by atoms with Crippen LogP contribution >= 0.6 is 0 Å². The molecule has 10 nitrogen and oxygen atoms in total. The fourth-order valence-corrected chi connectivity index (χ4v) is 5.99. The monoisotopic (exact) mass is 575 g/mol. The average molecular weight is 576 g/mol. The first-order valence-corrected chi connectivity index (χ1v) is 15.0. The number of H-pyrrole nitrogens is 1. The zero-order valence-corrected chi connectivity index (χ0v) is 24.7. The van der Waals surface area contributed by atoms with E-state index in [2.05, 4.69) is 20.6 Å². The van der Waals surface area contributed by atoms with Crippen molar-refractivity contribution in [1.82, 2.24) is 25.5 Å². The molecule has 2 aliphatic heterocycles. The van der Waals surface area contributed by atoms with Gasteiger partial charge in [-0.2, -0.15) is 0 Å². The third-order valence-corrected chi connectivity index (χ3v) is 8.00. The third-order valence-electron chi connectivity index (χ3n) is 8.00. The molecule has 2 amide bonds. The second-order valence-corrected chi connectivity index (χ2v) is 10.6. The summed E-state index contributed by atoms with van der Waals surface area (Å²) in [7, 11) is 0. The van der Waals surface area contributed by atoms with Crippen LogP contribution in [0.3, 0.4) is 0 Å². The summed E-state index contributed by atoms with van der Waals surface area (Å²) in [5.41, 5.74) is 3.33. The lowest BCUT2D eigenvalue weighted by molar-refractivity contribution is -0.135. The number of amides is 2. The quantitative estimate of drug-likeness (QED) is 0.320. The van der Waals surface area contributed by atoms with Crippen LogP contribution in [0.15, 0.2) is 48.8 Å². The summed E-state index contributed by atoms with van der Waals surface area (Å²) in [5, 5.41) is 6.72. The fourth-order valence-electron chi connectivity index (χ4n) is 5.99. The van der Waals surface area contributed by atoms with Gasteiger partial charge in [0.2, 0.25) is 11.7 Å². The van der Waals surface area contributed by atoms with Crippen molar-refractivity contribution in [1.29, 1.82) is 0 Å². The van der Waals surface area contributed by atoms with Crippen molar-refractivity contribution in [3.8, 4) is 17.2 Å². The van der Waals surface area contributed by atoms with E-state index in [9.17, 15) is 9.59 Å². The van der Waals surface area contributed by atoms with Gasteiger partial charge in [0.25, 0.3) is 5.91 Å². The number of nitrogens with one attached hydrogen (secondary N) is 3. The van der Waals surface area contributed by atoms with Crippen LogP contribution in [0.25, 0.3) is 0 Å². The van der Waals surface area contributed by atoms with Crippen LogP contribution in [0.2, 0.25) is 0 Å². The van der Waals surface area contributed by atoms with Gasteiger partial charge in [-0.15, -0.1) is 0 Å². The number of piperidine rings is 1. The number of imidazole rings is 1. The molecule has 3 aromatic rings. The highest BCUT2D eigenvalue weighted by Crippen LogP contribution is 2.39. The number of likely N-dealkylation sites (tertiary alicyclic amines) is 1. The van der Waals surface area contributed by atoms with E-state index in [4.69, 9.17) is 14.2 Å². The van der Waals surface area contributed by atoms with E-state index in [1.165, 1.54) is 5.69 Å². The number of benzene rings is 2. The molecule has 0 bridgehead atoms. The highest BCUT2D eigenvalue weighted by molar-refractivity contribution is 5.98. The van der Waals surface area contributed by atoms with Crippen LogP contribution in [0.4, 0.5) is 0 Å². The third kappa shape index (κ3) is 6.23.